The van der Waals surface area contributed by atoms with E-state index in [1.807, 2.05) is 7.05 Å². The second-order valence-corrected chi connectivity index (χ2v) is 5.30. The first kappa shape index (κ1) is 15.3. The molecule has 21 heavy (non-hydrogen) atoms. The van der Waals surface area contributed by atoms with E-state index in [2.05, 4.69) is 16.3 Å². The SMILES string of the molecule is COc1cc(C(=O)NC2(C#N)CCN(C)CC2)ccc1F. The number of piperidine rings is 1. The van der Waals surface area contributed by atoms with Crippen LogP contribution in [0.1, 0.15) is 23.2 Å². The zero-order chi connectivity index (χ0) is 15.5. The summed E-state index contributed by atoms with van der Waals surface area (Å²) in [5.41, 5.74) is -0.576. The van der Waals surface area contributed by atoms with Crippen molar-refractivity contribution < 1.29 is 13.9 Å². The number of likely N-dealkylation sites (tertiary alicyclic amines) is 1. The molecule has 0 radical (unpaired) electrons. The first-order valence-corrected chi connectivity index (χ1v) is 6.75. The molecule has 0 unspecified atom stereocenters. The number of amides is 1. The van der Waals surface area contributed by atoms with Crippen LogP contribution < -0.4 is 10.1 Å². The molecule has 0 bridgehead atoms. The van der Waals surface area contributed by atoms with Crippen molar-refractivity contribution in [1.82, 2.24) is 10.2 Å². The van der Waals surface area contributed by atoms with Crippen LogP contribution in [0.3, 0.4) is 0 Å². The predicted octanol–water partition coefficient (Wildman–Crippen LogP) is 1.55. The van der Waals surface area contributed by atoms with Crippen molar-refractivity contribution in [1.29, 1.82) is 5.26 Å². The van der Waals surface area contributed by atoms with Crippen LogP contribution in [0.15, 0.2) is 18.2 Å². The van der Waals surface area contributed by atoms with E-state index in [9.17, 15) is 14.4 Å². The Bertz CT molecular complexity index is 575. The number of nitrogens with zero attached hydrogens (tertiary/aromatic N) is 2. The monoisotopic (exact) mass is 291 g/mol. The first-order chi connectivity index (χ1) is 9.99. The summed E-state index contributed by atoms with van der Waals surface area (Å²) in [6.07, 6.45) is 1.15. The molecule has 0 aromatic heterocycles. The highest BCUT2D eigenvalue weighted by Crippen LogP contribution is 2.23. The van der Waals surface area contributed by atoms with Crippen molar-refractivity contribution in [3.63, 3.8) is 0 Å². The Labute approximate surface area is 123 Å². The standard InChI is InChI=1S/C15H18FN3O2/c1-19-7-5-15(10-17,6-8-19)18-14(20)11-3-4-12(16)13(9-11)21-2/h3-4,9H,5-8H2,1-2H3,(H,18,20). The van der Waals surface area contributed by atoms with Gasteiger partial charge in [-0.25, -0.2) is 4.39 Å². The van der Waals surface area contributed by atoms with Crippen LogP contribution in [0.4, 0.5) is 4.39 Å². The lowest BCUT2D eigenvalue weighted by atomic mass is 9.89. The lowest BCUT2D eigenvalue weighted by Crippen LogP contribution is -2.53. The highest BCUT2D eigenvalue weighted by Gasteiger charge is 2.35. The quantitative estimate of drug-likeness (QED) is 0.917. The van der Waals surface area contributed by atoms with E-state index in [-0.39, 0.29) is 17.2 Å². The number of halogens is 1. The van der Waals surface area contributed by atoms with Gasteiger partial charge in [-0.1, -0.05) is 0 Å². The van der Waals surface area contributed by atoms with Gasteiger partial charge in [0.1, 0.15) is 5.54 Å². The summed E-state index contributed by atoms with van der Waals surface area (Å²) in [6, 6.07) is 6.12. The van der Waals surface area contributed by atoms with Crippen molar-refractivity contribution >= 4 is 5.91 Å². The zero-order valence-corrected chi connectivity index (χ0v) is 12.1. The van der Waals surface area contributed by atoms with Crippen molar-refractivity contribution in [3.05, 3.63) is 29.6 Å². The second-order valence-electron chi connectivity index (χ2n) is 5.30. The molecule has 6 heteroatoms. The second kappa shape index (κ2) is 6.10. The molecule has 1 aromatic rings. The number of hydrogen-bond donors (Lipinski definition) is 1. The third-order valence-electron chi connectivity index (χ3n) is 3.82. The first-order valence-electron chi connectivity index (χ1n) is 6.75. The molecule has 1 heterocycles. The van der Waals surface area contributed by atoms with Gasteiger partial charge in [-0.05, 0) is 38.1 Å². The molecule has 1 N–H and O–H groups in total. The van der Waals surface area contributed by atoms with Crippen LogP contribution in [0.5, 0.6) is 5.75 Å². The topological polar surface area (TPSA) is 65.4 Å². The lowest BCUT2D eigenvalue weighted by Gasteiger charge is -2.36. The maximum absolute atomic E-state index is 13.4. The smallest absolute Gasteiger partial charge is 0.252 e. The molecule has 5 nitrogen and oxygen atoms in total. The van der Waals surface area contributed by atoms with Crippen LogP contribution in [-0.4, -0.2) is 43.6 Å². The summed E-state index contributed by atoms with van der Waals surface area (Å²) < 4.78 is 18.2. The Kier molecular flexibility index (Phi) is 4.43. The normalized spacial score (nSPS) is 17.8. The van der Waals surface area contributed by atoms with Gasteiger partial charge >= 0.3 is 0 Å². The molecule has 1 aliphatic rings. The average Bonchev–Trinajstić information content (AvgIpc) is 2.50. The van der Waals surface area contributed by atoms with Crippen molar-refractivity contribution in [2.24, 2.45) is 0 Å². The van der Waals surface area contributed by atoms with Crippen LogP contribution in [-0.2, 0) is 0 Å². The van der Waals surface area contributed by atoms with E-state index >= 15 is 0 Å². The fourth-order valence-electron chi connectivity index (χ4n) is 2.36. The van der Waals surface area contributed by atoms with Crippen molar-refractivity contribution in [2.45, 2.75) is 18.4 Å². The van der Waals surface area contributed by atoms with Gasteiger partial charge in [-0.2, -0.15) is 5.26 Å². The number of rotatable bonds is 3. The predicted molar refractivity (Wildman–Crippen MR) is 75.5 cm³/mol. The van der Waals surface area contributed by atoms with Gasteiger partial charge in [0.2, 0.25) is 0 Å². The minimum absolute atomic E-state index is 0.0111. The van der Waals surface area contributed by atoms with Gasteiger partial charge in [-0.15, -0.1) is 0 Å². The number of nitriles is 1. The number of hydrogen-bond acceptors (Lipinski definition) is 4. The van der Waals surface area contributed by atoms with E-state index < -0.39 is 11.4 Å². The molecule has 0 saturated carbocycles. The molecule has 2 rings (SSSR count). The molecule has 1 fully saturated rings. The summed E-state index contributed by atoms with van der Waals surface area (Å²) in [5.74, 6) is -0.903. The van der Waals surface area contributed by atoms with Crippen LogP contribution in [0.2, 0.25) is 0 Å². The van der Waals surface area contributed by atoms with Crippen LogP contribution >= 0.6 is 0 Å². The Morgan fingerprint density at radius 2 is 2.14 bits per heavy atom. The summed E-state index contributed by atoms with van der Waals surface area (Å²) >= 11 is 0. The fourth-order valence-corrected chi connectivity index (χ4v) is 2.36. The number of benzene rings is 1. The fraction of sp³-hybridized carbons (Fsp3) is 0.467. The lowest BCUT2D eigenvalue weighted by molar-refractivity contribution is 0.0881. The molecular weight excluding hydrogens is 273 g/mol. The van der Waals surface area contributed by atoms with Gasteiger partial charge in [0.25, 0.3) is 5.91 Å². The molecule has 1 aliphatic heterocycles. The summed E-state index contributed by atoms with van der Waals surface area (Å²) in [5, 5.41) is 12.2. The van der Waals surface area contributed by atoms with Gasteiger partial charge in [0.15, 0.2) is 11.6 Å². The third kappa shape index (κ3) is 3.31. The van der Waals surface area contributed by atoms with E-state index in [0.717, 1.165) is 13.1 Å². The third-order valence-corrected chi connectivity index (χ3v) is 3.82. The van der Waals surface area contributed by atoms with Crippen LogP contribution in [0.25, 0.3) is 0 Å². The summed E-state index contributed by atoms with van der Waals surface area (Å²) in [7, 11) is 3.32. The van der Waals surface area contributed by atoms with Crippen LogP contribution in [0, 0.1) is 17.1 Å². The largest absolute Gasteiger partial charge is 0.494 e. The Balaban J connectivity index is 2.15. The molecule has 1 saturated heterocycles. The minimum Gasteiger partial charge on any atom is -0.494 e. The molecule has 0 atom stereocenters. The van der Waals surface area contributed by atoms with Crippen molar-refractivity contribution in [2.75, 3.05) is 27.2 Å². The van der Waals surface area contributed by atoms with Gasteiger partial charge in [-0.3, -0.25) is 4.79 Å². The van der Waals surface area contributed by atoms with E-state index in [0.29, 0.717) is 12.8 Å². The van der Waals surface area contributed by atoms with Gasteiger partial charge in [0.05, 0.1) is 13.2 Å². The zero-order valence-electron chi connectivity index (χ0n) is 12.1. The molecule has 112 valence electrons. The number of carbonyl (C=O) groups is 1. The van der Waals surface area contributed by atoms with E-state index in [1.54, 1.807) is 0 Å². The maximum atomic E-state index is 13.4. The Morgan fingerprint density at radius 1 is 1.48 bits per heavy atom. The Hall–Kier alpha value is -2.13. The minimum atomic E-state index is -0.856. The Morgan fingerprint density at radius 3 is 2.71 bits per heavy atom. The molecular formula is C15H18FN3O2. The van der Waals surface area contributed by atoms with Gasteiger partial charge in [0, 0.05) is 18.7 Å². The highest BCUT2D eigenvalue weighted by molar-refractivity contribution is 5.95. The van der Waals surface area contributed by atoms with E-state index in [1.165, 1.54) is 25.3 Å². The average molecular weight is 291 g/mol. The van der Waals surface area contributed by atoms with E-state index in [4.69, 9.17) is 4.74 Å². The van der Waals surface area contributed by atoms with Crippen molar-refractivity contribution in [3.8, 4) is 11.8 Å². The number of carbonyl (C=O) groups excluding carboxylic acids is 1. The summed E-state index contributed by atoms with van der Waals surface area (Å²) in [4.78, 5) is 14.4. The maximum Gasteiger partial charge on any atom is 0.252 e. The molecule has 0 aliphatic carbocycles. The number of methoxy groups -OCH3 is 1. The highest BCUT2D eigenvalue weighted by atomic mass is 19.1. The number of ether oxygens (including phenoxy) is 1. The molecule has 1 amide bonds. The molecule has 0 spiro atoms. The summed E-state index contributed by atoms with van der Waals surface area (Å²) in [6.45, 7) is 1.50. The molecule has 1 aromatic carbocycles. The van der Waals surface area contributed by atoms with Gasteiger partial charge < -0.3 is 15.0 Å². The number of nitrogens with one attached hydrogen (secondary N) is 1.